The van der Waals surface area contributed by atoms with Crippen LogP contribution in [0.1, 0.15) is 46.6 Å². The van der Waals surface area contributed by atoms with E-state index in [1.54, 1.807) is 7.05 Å². The number of aryl methyl sites for hydroxylation is 1. The minimum atomic E-state index is -0.452. The summed E-state index contributed by atoms with van der Waals surface area (Å²) in [7, 11) is 2.97. The molecule has 2 aromatic heterocycles. The first-order valence-corrected chi connectivity index (χ1v) is 9.81. The zero-order chi connectivity index (χ0) is 20.5. The van der Waals surface area contributed by atoms with E-state index >= 15 is 0 Å². The molecule has 0 atom stereocenters. The maximum atomic E-state index is 13.1. The summed E-state index contributed by atoms with van der Waals surface area (Å²) in [5.41, 5.74) is 2.74. The molecule has 0 aliphatic heterocycles. The fraction of sp³-hybridized carbons (Fsp3) is 0.364. The van der Waals surface area contributed by atoms with Gasteiger partial charge in [-0.2, -0.15) is 0 Å². The molecule has 2 heterocycles. The van der Waals surface area contributed by atoms with Crippen LogP contribution < -0.4 is 11.2 Å². The Morgan fingerprint density at radius 2 is 1.83 bits per heavy atom. The summed E-state index contributed by atoms with van der Waals surface area (Å²) in [6.45, 7) is -0.147. The van der Waals surface area contributed by atoms with Gasteiger partial charge in [-0.15, -0.1) is 0 Å². The summed E-state index contributed by atoms with van der Waals surface area (Å²) in [4.78, 5) is 42.0. The van der Waals surface area contributed by atoms with Crippen LogP contribution in [0.15, 0.2) is 39.9 Å². The molecule has 0 bridgehead atoms. The van der Waals surface area contributed by atoms with Crippen LogP contribution in [-0.2, 0) is 38.3 Å². The second-order valence-electron chi connectivity index (χ2n) is 7.44. The summed E-state index contributed by atoms with van der Waals surface area (Å²) in [5.74, 6) is -0.449. The second-order valence-corrected chi connectivity index (χ2v) is 7.44. The van der Waals surface area contributed by atoms with E-state index in [2.05, 4.69) is 0 Å². The largest absolute Gasteiger partial charge is 0.456 e. The Balaban J connectivity index is 1.73. The van der Waals surface area contributed by atoms with Crippen molar-refractivity contribution in [2.45, 2.75) is 38.7 Å². The first kappa shape index (κ1) is 19.1. The lowest BCUT2D eigenvalue weighted by Crippen LogP contribution is -2.38. The molecule has 0 spiro atoms. The number of rotatable bonds is 3. The van der Waals surface area contributed by atoms with Crippen molar-refractivity contribution in [2.75, 3.05) is 0 Å². The molecule has 0 radical (unpaired) electrons. The van der Waals surface area contributed by atoms with Gasteiger partial charge in [0.2, 0.25) is 0 Å². The van der Waals surface area contributed by atoms with Crippen molar-refractivity contribution >= 4 is 16.9 Å². The Kier molecular flexibility index (Phi) is 5.05. The first-order valence-electron chi connectivity index (χ1n) is 9.81. The van der Waals surface area contributed by atoms with Gasteiger partial charge in [-0.1, -0.05) is 24.6 Å². The van der Waals surface area contributed by atoms with E-state index in [0.717, 1.165) is 58.8 Å². The second kappa shape index (κ2) is 7.66. The highest BCUT2D eigenvalue weighted by Crippen LogP contribution is 2.29. The number of pyridine rings is 1. The highest BCUT2D eigenvalue weighted by Gasteiger charge is 2.23. The number of hydrogen-bond donors (Lipinski definition) is 0. The molecule has 0 saturated heterocycles. The van der Waals surface area contributed by atoms with Crippen molar-refractivity contribution in [1.82, 2.24) is 14.1 Å². The van der Waals surface area contributed by atoms with Crippen molar-refractivity contribution in [3.63, 3.8) is 0 Å². The number of carbonyl (C=O) groups is 1. The molecule has 3 aromatic rings. The highest BCUT2D eigenvalue weighted by atomic mass is 16.5. The quantitative estimate of drug-likeness (QED) is 0.503. The molecule has 4 rings (SSSR count). The zero-order valence-electron chi connectivity index (χ0n) is 16.6. The molecule has 0 unspecified atom stereocenters. The third-order valence-electron chi connectivity index (χ3n) is 5.60. The van der Waals surface area contributed by atoms with E-state index in [0.29, 0.717) is 11.3 Å². The van der Waals surface area contributed by atoms with Crippen molar-refractivity contribution in [2.24, 2.45) is 14.1 Å². The Morgan fingerprint density at radius 3 is 2.66 bits per heavy atom. The van der Waals surface area contributed by atoms with E-state index in [9.17, 15) is 14.4 Å². The van der Waals surface area contributed by atoms with Crippen LogP contribution in [0.5, 0.6) is 0 Å². The van der Waals surface area contributed by atoms with Gasteiger partial charge in [-0.05, 0) is 37.3 Å². The fourth-order valence-corrected chi connectivity index (χ4v) is 3.91. The van der Waals surface area contributed by atoms with Gasteiger partial charge in [0.1, 0.15) is 6.61 Å². The van der Waals surface area contributed by atoms with Crippen LogP contribution in [0.25, 0.3) is 10.9 Å². The average Bonchev–Trinajstić information content (AvgIpc) is 2.97. The molecular formula is C22H23N3O4. The molecule has 0 fully saturated rings. The molecule has 29 heavy (non-hydrogen) atoms. The van der Waals surface area contributed by atoms with Crippen LogP contribution in [0, 0.1) is 0 Å². The summed E-state index contributed by atoms with van der Waals surface area (Å²) >= 11 is 0. The summed E-state index contributed by atoms with van der Waals surface area (Å²) in [6.07, 6.45) is 4.82. The molecule has 1 aromatic carbocycles. The predicted molar refractivity (Wildman–Crippen MR) is 109 cm³/mol. The number of ether oxygens (including phenoxy) is 1. The highest BCUT2D eigenvalue weighted by molar-refractivity contribution is 6.05. The van der Waals surface area contributed by atoms with Crippen LogP contribution in [-0.4, -0.2) is 20.1 Å². The normalized spacial score (nSPS) is 13.7. The Labute approximate surface area is 167 Å². The molecule has 1 aliphatic rings. The SMILES string of the molecule is Cn1c(COC(=O)c2c3c(nc4ccccc24)CCCCC3)cc(=O)n(C)c1=O. The number of nitrogens with zero attached hydrogens (tertiary/aromatic N) is 3. The fourth-order valence-electron chi connectivity index (χ4n) is 3.91. The van der Waals surface area contributed by atoms with Crippen LogP contribution in [0.2, 0.25) is 0 Å². The van der Waals surface area contributed by atoms with Crippen LogP contribution in [0.3, 0.4) is 0 Å². The number of aromatic nitrogens is 3. The van der Waals surface area contributed by atoms with Gasteiger partial charge in [-0.3, -0.25) is 18.9 Å². The lowest BCUT2D eigenvalue weighted by molar-refractivity contribution is 0.0463. The van der Waals surface area contributed by atoms with Crippen LogP contribution in [0.4, 0.5) is 0 Å². The molecule has 1 aliphatic carbocycles. The van der Waals surface area contributed by atoms with Gasteiger partial charge in [0, 0.05) is 31.2 Å². The van der Waals surface area contributed by atoms with E-state index in [4.69, 9.17) is 9.72 Å². The summed E-state index contributed by atoms with van der Waals surface area (Å²) in [5, 5.41) is 0.774. The van der Waals surface area contributed by atoms with Crippen LogP contribution >= 0.6 is 0 Å². The summed E-state index contributed by atoms with van der Waals surface area (Å²) < 4.78 is 7.92. The lowest BCUT2D eigenvalue weighted by Gasteiger charge is -2.15. The number of carbonyl (C=O) groups excluding carboxylic acids is 1. The molecule has 7 nitrogen and oxygen atoms in total. The molecule has 0 N–H and O–H groups in total. The first-order chi connectivity index (χ1) is 14.0. The van der Waals surface area contributed by atoms with Gasteiger partial charge in [0.15, 0.2) is 0 Å². The number of para-hydroxylation sites is 1. The maximum absolute atomic E-state index is 13.1. The van der Waals surface area contributed by atoms with Gasteiger partial charge in [0.25, 0.3) is 5.56 Å². The predicted octanol–water partition coefficient (Wildman–Crippen LogP) is 2.26. The van der Waals surface area contributed by atoms with E-state index in [1.165, 1.54) is 17.7 Å². The van der Waals surface area contributed by atoms with Crippen molar-refractivity contribution in [3.8, 4) is 0 Å². The van der Waals surface area contributed by atoms with Crippen molar-refractivity contribution in [1.29, 1.82) is 0 Å². The Bertz CT molecular complexity index is 1220. The van der Waals surface area contributed by atoms with Gasteiger partial charge in [0.05, 0.1) is 16.8 Å². The van der Waals surface area contributed by atoms with Gasteiger partial charge >= 0.3 is 11.7 Å². The van der Waals surface area contributed by atoms with Crippen molar-refractivity contribution in [3.05, 3.63) is 73.7 Å². The molecule has 150 valence electrons. The third kappa shape index (κ3) is 3.48. The molecular weight excluding hydrogens is 370 g/mol. The lowest BCUT2D eigenvalue weighted by atomic mass is 9.97. The monoisotopic (exact) mass is 393 g/mol. The van der Waals surface area contributed by atoms with E-state index in [1.807, 2.05) is 24.3 Å². The van der Waals surface area contributed by atoms with E-state index < -0.39 is 17.2 Å². The number of hydrogen-bond acceptors (Lipinski definition) is 5. The smallest absolute Gasteiger partial charge is 0.339 e. The molecule has 7 heteroatoms. The third-order valence-corrected chi connectivity index (χ3v) is 5.60. The van der Waals surface area contributed by atoms with Gasteiger partial charge < -0.3 is 4.74 Å². The average molecular weight is 393 g/mol. The minimum Gasteiger partial charge on any atom is -0.456 e. The Morgan fingerprint density at radius 1 is 1.07 bits per heavy atom. The number of benzene rings is 1. The molecule has 0 amide bonds. The topological polar surface area (TPSA) is 83.2 Å². The van der Waals surface area contributed by atoms with Crippen molar-refractivity contribution < 1.29 is 9.53 Å². The zero-order valence-corrected chi connectivity index (χ0v) is 16.6. The Hall–Kier alpha value is -3.22. The number of fused-ring (bicyclic) bond motifs is 2. The molecule has 0 saturated carbocycles. The standard InChI is InChI=1S/C22H23N3O4/c1-24-14(12-19(26)25(2)22(24)28)13-29-21(27)20-15-8-4-3-5-10-17(15)23-18-11-7-6-9-16(18)20/h6-7,9,11-12H,3-5,8,10,13H2,1-2H3. The van der Waals surface area contributed by atoms with E-state index in [-0.39, 0.29) is 6.61 Å². The number of esters is 1. The summed E-state index contributed by atoms with van der Waals surface area (Å²) in [6, 6.07) is 8.90. The maximum Gasteiger partial charge on any atom is 0.339 e. The van der Waals surface area contributed by atoms with Gasteiger partial charge in [-0.25, -0.2) is 9.59 Å². The minimum absolute atomic E-state index is 0.147.